The summed E-state index contributed by atoms with van der Waals surface area (Å²) >= 11 is 0. The summed E-state index contributed by atoms with van der Waals surface area (Å²) in [5.41, 5.74) is 7.69. The van der Waals surface area contributed by atoms with E-state index in [1.54, 1.807) is 19.1 Å². The molecule has 0 radical (unpaired) electrons. The molecule has 0 aliphatic heterocycles. The van der Waals surface area contributed by atoms with E-state index in [1.807, 2.05) is 37.3 Å². The number of sulfonamides is 1. The molecule has 0 amide bonds. The molecule has 0 aromatic heterocycles. The average molecular weight is 451 g/mol. The highest BCUT2D eigenvalue weighted by atomic mass is 32.2. The number of nitrogens with one attached hydrogen (secondary N) is 2. The number of hydrogen-bond donors (Lipinski definition) is 2. The quantitative estimate of drug-likeness (QED) is 0.415. The third-order valence-corrected chi connectivity index (χ3v) is 6.74. The van der Waals surface area contributed by atoms with Crippen LogP contribution in [-0.2, 0) is 16.4 Å². The molecule has 8 nitrogen and oxygen atoms in total. The van der Waals surface area contributed by atoms with Gasteiger partial charge in [-0.2, -0.15) is 5.10 Å². The van der Waals surface area contributed by atoms with Gasteiger partial charge in [-0.25, -0.2) is 8.42 Å². The molecular formula is C23H22N4O4S. The molecule has 0 unspecified atom stereocenters. The van der Waals surface area contributed by atoms with Crippen molar-refractivity contribution in [3.8, 4) is 0 Å². The second-order valence-corrected chi connectivity index (χ2v) is 9.37. The fraction of sp³-hybridized carbons (Fsp3) is 0.174. The van der Waals surface area contributed by atoms with Crippen molar-refractivity contribution < 1.29 is 13.3 Å². The first-order chi connectivity index (χ1) is 15.2. The third kappa shape index (κ3) is 4.33. The van der Waals surface area contributed by atoms with E-state index in [2.05, 4.69) is 15.2 Å². The highest BCUT2D eigenvalue weighted by Crippen LogP contribution is 2.30. The SMILES string of the molecule is Cc1ccc(NS(=O)(=O)c2ccc(NN=C3CCc4ccccc43)c([N+](=O)[O-])c2)c(C)c1. The number of nitro benzene ring substituents is 1. The summed E-state index contributed by atoms with van der Waals surface area (Å²) < 4.78 is 28.2. The number of anilines is 2. The Hall–Kier alpha value is -3.72. The molecule has 0 bridgehead atoms. The number of nitro groups is 1. The standard InChI is InChI=1S/C23H22N4O4S/c1-15-7-10-20(16(2)13-15)26-32(30,31)18-9-12-22(23(14-18)27(28)29)25-24-21-11-8-17-5-3-4-6-19(17)21/h3-7,9-10,12-14,25-26H,8,11H2,1-2H3. The summed E-state index contributed by atoms with van der Waals surface area (Å²) in [6.07, 6.45) is 1.59. The first-order valence-corrected chi connectivity index (χ1v) is 11.5. The molecule has 0 fully saturated rings. The Morgan fingerprint density at radius 1 is 0.969 bits per heavy atom. The number of hydrogen-bond acceptors (Lipinski definition) is 6. The lowest BCUT2D eigenvalue weighted by Crippen LogP contribution is -2.14. The Labute approximate surface area is 186 Å². The van der Waals surface area contributed by atoms with Crippen molar-refractivity contribution in [3.63, 3.8) is 0 Å². The predicted octanol–water partition coefficient (Wildman–Crippen LogP) is 4.77. The summed E-state index contributed by atoms with van der Waals surface area (Å²) in [4.78, 5) is 10.8. The van der Waals surface area contributed by atoms with Gasteiger partial charge in [0, 0.05) is 11.6 Å². The van der Waals surface area contributed by atoms with Gasteiger partial charge in [0.1, 0.15) is 5.69 Å². The van der Waals surface area contributed by atoms with Crippen LogP contribution in [0.2, 0.25) is 0 Å². The first kappa shape index (κ1) is 21.5. The third-order valence-electron chi connectivity index (χ3n) is 5.37. The van der Waals surface area contributed by atoms with Gasteiger partial charge in [-0.3, -0.25) is 20.3 Å². The lowest BCUT2D eigenvalue weighted by atomic mass is 10.1. The molecule has 0 saturated carbocycles. The van der Waals surface area contributed by atoms with Crippen LogP contribution in [0.5, 0.6) is 0 Å². The fourth-order valence-electron chi connectivity index (χ4n) is 3.71. The molecule has 0 spiro atoms. The Morgan fingerprint density at radius 3 is 2.47 bits per heavy atom. The molecule has 164 valence electrons. The van der Waals surface area contributed by atoms with E-state index < -0.39 is 14.9 Å². The van der Waals surface area contributed by atoms with E-state index in [1.165, 1.54) is 17.7 Å². The summed E-state index contributed by atoms with van der Waals surface area (Å²) in [7, 11) is -4.01. The topological polar surface area (TPSA) is 114 Å². The number of nitrogens with zero attached hydrogens (tertiary/aromatic N) is 2. The van der Waals surface area contributed by atoms with Crippen molar-refractivity contribution in [2.75, 3.05) is 10.1 Å². The Bertz CT molecular complexity index is 1350. The normalized spacial score (nSPS) is 14.2. The van der Waals surface area contributed by atoms with Crippen molar-refractivity contribution in [1.82, 2.24) is 0 Å². The minimum Gasteiger partial charge on any atom is -0.279 e. The van der Waals surface area contributed by atoms with Crippen molar-refractivity contribution in [2.45, 2.75) is 31.6 Å². The zero-order valence-electron chi connectivity index (χ0n) is 17.6. The number of rotatable bonds is 6. The number of fused-ring (bicyclic) bond motifs is 1. The molecule has 4 rings (SSSR count). The second-order valence-electron chi connectivity index (χ2n) is 7.69. The maximum Gasteiger partial charge on any atom is 0.295 e. The van der Waals surface area contributed by atoms with E-state index in [4.69, 9.17) is 0 Å². The van der Waals surface area contributed by atoms with Crippen molar-refractivity contribution in [2.24, 2.45) is 5.10 Å². The fourth-order valence-corrected chi connectivity index (χ4v) is 4.86. The van der Waals surface area contributed by atoms with Crippen LogP contribution in [0.4, 0.5) is 17.1 Å². The molecule has 3 aromatic rings. The number of benzene rings is 3. The van der Waals surface area contributed by atoms with Crippen LogP contribution in [0.3, 0.4) is 0 Å². The highest BCUT2D eigenvalue weighted by molar-refractivity contribution is 7.92. The van der Waals surface area contributed by atoms with E-state index in [9.17, 15) is 18.5 Å². The Morgan fingerprint density at radius 2 is 1.72 bits per heavy atom. The van der Waals surface area contributed by atoms with Crippen LogP contribution < -0.4 is 10.1 Å². The maximum absolute atomic E-state index is 12.8. The van der Waals surface area contributed by atoms with Gasteiger partial charge >= 0.3 is 0 Å². The Balaban J connectivity index is 1.62. The zero-order valence-corrected chi connectivity index (χ0v) is 18.4. The van der Waals surface area contributed by atoms with Gasteiger partial charge in [-0.1, -0.05) is 42.0 Å². The van der Waals surface area contributed by atoms with Gasteiger partial charge in [0.25, 0.3) is 15.7 Å². The Kier molecular flexibility index (Phi) is 5.67. The number of aryl methyl sites for hydroxylation is 3. The molecule has 1 aliphatic rings. The van der Waals surface area contributed by atoms with Crippen LogP contribution in [0.25, 0.3) is 0 Å². The second kappa shape index (κ2) is 8.43. The summed E-state index contributed by atoms with van der Waals surface area (Å²) in [6.45, 7) is 3.70. The van der Waals surface area contributed by atoms with Crippen LogP contribution in [0.1, 0.15) is 28.7 Å². The van der Waals surface area contributed by atoms with Gasteiger partial charge < -0.3 is 0 Å². The van der Waals surface area contributed by atoms with Crippen LogP contribution in [0, 0.1) is 24.0 Å². The van der Waals surface area contributed by atoms with Crippen LogP contribution in [0.15, 0.2) is 70.7 Å². The van der Waals surface area contributed by atoms with Gasteiger partial charge in [0.05, 0.1) is 21.2 Å². The van der Waals surface area contributed by atoms with E-state index >= 15 is 0 Å². The summed E-state index contributed by atoms with van der Waals surface area (Å²) in [5.74, 6) is 0. The van der Waals surface area contributed by atoms with Gasteiger partial charge in [0.15, 0.2) is 0 Å². The lowest BCUT2D eigenvalue weighted by Gasteiger charge is -2.12. The monoisotopic (exact) mass is 450 g/mol. The van der Waals surface area contributed by atoms with Gasteiger partial charge in [0.2, 0.25) is 0 Å². The minimum absolute atomic E-state index is 0.123. The molecule has 0 saturated heterocycles. The highest BCUT2D eigenvalue weighted by Gasteiger charge is 2.23. The van der Waals surface area contributed by atoms with Crippen LogP contribution >= 0.6 is 0 Å². The van der Waals surface area contributed by atoms with Gasteiger partial charge in [-0.15, -0.1) is 0 Å². The molecule has 3 aromatic carbocycles. The van der Waals surface area contributed by atoms with E-state index in [0.29, 0.717) is 5.69 Å². The molecule has 1 aliphatic carbocycles. The number of hydrazone groups is 1. The zero-order chi connectivity index (χ0) is 22.9. The molecule has 32 heavy (non-hydrogen) atoms. The van der Waals surface area contributed by atoms with Crippen molar-refractivity contribution in [3.05, 3.63) is 93.0 Å². The first-order valence-electron chi connectivity index (χ1n) is 10.0. The van der Waals surface area contributed by atoms with E-state index in [-0.39, 0.29) is 16.3 Å². The maximum atomic E-state index is 12.8. The molecule has 0 atom stereocenters. The predicted molar refractivity (Wildman–Crippen MR) is 125 cm³/mol. The van der Waals surface area contributed by atoms with Crippen molar-refractivity contribution >= 4 is 32.8 Å². The average Bonchev–Trinajstić information content (AvgIpc) is 3.17. The summed E-state index contributed by atoms with van der Waals surface area (Å²) in [5, 5.41) is 16.0. The molecular weight excluding hydrogens is 428 g/mol. The lowest BCUT2D eigenvalue weighted by molar-refractivity contribution is -0.384. The summed E-state index contributed by atoms with van der Waals surface area (Å²) in [6, 6.07) is 16.9. The van der Waals surface area contributed by atoms with Crippen LogP contribution in [-0.4, -0.2) is 19.1 Å². The minimum atomic E-state index is -4.01. The van der Waals surface area contributed by atoms with Gasteiger partial charge in [-0.05, 0) is 56.0 Å². The van der Waals surface area contributed by atoms with E-state index in [0.717, 1.165) is 41.3 Å². The largest absolute Gasteiger partial charge is 0.295 e. The van der Waals surface area contributed by atoms with Crippen molar-refractivity contribution in [1.29, 1.82) is 0 Å². The molecule has 9 heteroatoms. The molecule has 0 heterocycles. The molecule has 2 N–H and O–H groups in total. The smallest absolute Gasteiger partial charge is 0.279 e.